The molecule has 0 heterocycles. The van der Waals surface area contributed by atoms with Gasteiger partial charge in [0.1, 0.15) is 5.75 Å². The van der Waals surface area contributed by atoms with Gasteiger partial charge in [0.15, 0.2) is 0 Å². The molecule has 2 aromatic rings. The van der Waals surface area contributed by atoms with Crippen LogP contribution in [0.1, 0.15) is 23.7 Å². The summed E-state index contributed by atoms with van der Waals surface area (Å²) in [6.07, 6.45) is 0.259. The Hall–Kier alpha value is -2.73. The first-order valence-electron chi connectivity index (χ1n) is 8.18. The number of anilines is 2. The number of ether oxygens (including phenoxy) is 2. The molecule has 0 bridgehead atoms. The van der Waals surface area contributed by atoms with Crippen LogP contribution in [0.4, 0.5) is 11.4 Å². The largest absolute Gasteiger partial charge is 0.495 e. The van der Waals surface area contributed by atoms with Crippen molar-refractivity contribution in [3.63, 3.8) is 0 Å². The second-order valence-corrected chi connectivity index (χ2v) is 5.80. The van der Waals surface area contributed by atoms with Crippen LogP contribution in [-0.4, -0.2) is 32.1 Å². The van der Waals surface area contributed by atoms with E-state index in [9.17, 15) is 9.59 Å². The summed E-state index contributed by atoms with van der Waals surface area (Å²) in [5, 5.41) is 6.49. The standard InChI is InChI=1S/C19H21ClN2O4/c1-3-26-19(24)13-4-7-15(8-5-13)22-18(23)10-11-21-16-12-14(20)6-9-17(16)25-2/h4-9,12,21H,3,10-11H2,1-2H3,(H,22,23). The molecule has 0 fully saturated rings. The summed E-state index contributed by atoms with van der Waals surface area (Å²) in [5.74, 6) is 0.122. The van der Waals surface area contributed by atoms with E-state index < -0.39 is 0 Å². The van der Waals surface area contributed by atoms with Crippen molar-refractivity contribution < 1.29 is 19.1 Å². The Morgan fingerprint density at radius 3 is 2.50 bits per heavy atom. The van der Waals surface area contributed by atoms with Crippen LogP contribution >= 0.6 is 11.6 Å². The molecule has 0 saturated heterocycles. The van der Waals surface area contributed by atoms with Crippen molar-refractivity contribution >= 4 is 34.9 Å². The summed E-state index contributed by atoms with van der Waals surface area (Å²) in [6, 6.07) is 11.8. The fraction of sp³-hybridized carbons (Fsp3) is 0.263. The first kappa shape index (κ1) is 19.6. The summed E-state index contributed by atoms with van der Waals surface area (Å²) in [4.78, 5) is 23.6. The highest BCUT2D eigenvalue weighted by molar-refractivity contribution is 6.30. The van der Waals surface area contributed by atoms with Gasteiger partial charge >= 0.3 is 5.97 Å². The zero-order chi connectivity index (χ0) is 18.9. The van der Waals surface area contributed by atoms with E-state index in [0.29, 0.717) is 35.2 Å². The lowest BCUT2D eigenvalue weighted by Crippen LogP contribution is -2.16. The first-order chi connectivity index (χ1) is 12.5. The Kier molecular flexibility index (Phi) is 7.29. The monoisotopic (exact) mass is 376 g/mol. The van der Waals surface area contributed by atoms with Crippen LogP contribution < -0.4 is 15.4 Å². The van der Waals surface area contributed by atoms with E-state index in [1.165, 1.54) is 0 Å². The number of hydrogen-bond acceptors (Lipinski definition) is 5. The molecular formula is C19H21ClN2O4. The van der Waals surface area contributed by atoms with Crippen LogP contribution in [-0.2, 0) is 9.53 Å². The van der Waals surface area contributed by atoms with Crippen molar-refractivity contribution in [2.75, 3.05) is 30.9 Å². The Balaban J connectivity index is 1.84. The maximum atomic E-state index is 12.0. The number of rotatable bonds is 8. The van der Waals surface area contributed by atoms with Crippen LogP contribution in [0.2, 0.25) is 5.02 Å². The maximum absolute atomic E-state index is 12.0. The van der Waals surface area contributed by atoms with Crippen molar-refractivity contribution in [2.24, 2.45) is 0 Å². The van der Waals surface area contributed by atoms with E-state index in [0.717, 1.165) is 5.69 Å². The van der Waals surface area contributed by atoms with E-state index in [1.807, 2.05) is 0 Å². The van der Waals surface area contributed by atoms with Gasteiger partial charge in [-0.15, -0.1) is 0 Å². The number of methoxy groups -OCH3 is 1. The number of halogens is 1. The Morgan fingerprint density at radius 2 is 1.85 bits per heavy atom. The Labute approximate surface area is 157 Å². The van der Waals surface area contributed by atoms with E-state index in [1.54, 1.807) is 56.5 Å². The summed E-state index contributed by atoms with van der Waals surface area (Å²) in [7, 11) is 1.57. The molecule has 0 radical (unpaired) electrons. The number of hydrogen-bond donors (Lipinski definition) is 2. The summed E-state index contributed by atoms with van der Waals surface area (Å²) >= 11 is 5.97. The van der Waals surface area contributed by atoms with Gasteiger partial charge in [-0.2, -0.15) is 0 Å². The number of amides is 1. The van der Waals surface area contributed by atoms with Crippen LogP contribution in [0, 0.1) is 0 Å². The van der Waals surface area contributed by atoms with Crippen LogP contribution in [0.25, 0.3) is 0 Å². The summed E-state index contributed by atoms with van der Waals surface area (Å²) in [5.41, 5.74) is 1.79. The van der Waals surface area contributed by atoms with Gasteiger partial charge in [-0.1, -0.05) is 11.6 Å². The highest BCUT2D eigenvalue weighted by atomic mass is 35.5. The molecule has 0 unspecified atom stereocenters. The average Bonchev–Trinajstić information content (AvgIpc) is 2.62. The fourth-order valence-electron chi connectivity index (χ4n) is 2.26. The van der Waals surface area contributed by atoms with Crippen molar-refractivity contribution in [1.29, 1.82) is 0 Å². The lowest BCUT2D eigenvalue weighted by molar-refractivity contribution is -0.115. The van der Waals surface area contributed by atoms with Gasteiger partial charge in [0.25, 0.3) is 0 Å². The number of benzene rings is 2. The number of nitrogens with one attached hydrogen (secondary N) is 2. The molecule has 0 aliphatic rings. The molecular weight excluding hydrogens is 356 g/mol. The third-order valence-corrected chi connectivity index (χ3v) is 3.74. The molecule has 7 heteroatoms. The van der Waals surface area contributed by atoms with Crippen LogP contribution in [0.5, 0.6) is 5.75 Å². The molecule has 2 N–H and O–H groups in total. The molecule has 0 atom stereocenters. The minimum atomic E-state index is -0.384. The second-order valence-electron chi connectivity index (χ2n) is 5.37. The highest BCUT2D eigenvalue weighted by Gasteiger charge is 2.08. The van der Waals surface area contributed by atoms with E-state index in [-0.39, 0.29) is 18.3 Å². The maximum Gasteiger partial charge on any atom is 0.338 e. The number of carbonyl (C=O) groups excluding carboxylic acids is 2. The lowest BCUT2D eigenvalue weighted by Gasteiger charge is -2.11. The van der Waals surface area contributed by atoms with Crippen molar-refractivity contribution in [3.8, 4) is 5.75 Å². The molecule has 0 spiro atoms. The lowest BCUT2D eigenvalue weighted by atomic mass is 10.2. The summed E-state index contributed by atoms with van der Waals surface area (Å²) < 4.78 is 10.2. The molecule has 0 saturated carbocycles. The Bertz CT molecular complexity index is 763. The zero-order valence-electron chi connectivity index (χ0n) is 14.7. The molecule has 1 amide bonds. The van der Waals surface area contributed by atoms with Crippen molar-refractivity contribution in [3.05, 3.63) is 53.1 Å². The van der Waals surface area contributed by atoms with Crippen LogP contribution in [0.15, 0.2) is 42.5 Å². The predicted octanol–water partition coefficient (Wildman–Crippen LogP) is 3.97. The van der Waals surface area contributed by atoms with Gasteiger partial charge in [-0.05, 0) is 49.4 Å². The fourth-order valence-corrected chi connectivity index (χ4v) is 2.43. The molecule has 2 rings (SSSR count). The van der Waals surface area contributed by atoms with Gasteiger partial charge in [0.05, 0.1) is 25.0 Å². The third kappa shape index (κ3) is 5.67. The smallest absolute Gasteiger partial charge is 0.338 e. The minimum Gasteiger partial charge on any atom is -0.495 e. The molecule has 0 aliphatic carbocycles. The third-order valence-electron chi connectivity index (χ3n) is 3.51. The first-order valence-corrected chi connectivity index (χ1v) is 8.55. The minimum absolute atomic E-state index is 0.151. The van der Waals surface area contributed by atoms with Gasteiger partial charge < -0.3 is 20.1 Å². The number of esters is 1. The normalized spacial score (nSPS) is 10.1. The quantitative estimate of drug-likeness (QED) is 0.682. The van der Waals surface area contributed by atoms with Crippen LogP contribution in [0.3, 0.4) is 0 Å². The molecule has 2 aromatic carbocycles. The van der Waals surface area contributed by atoms with E-state index in [2.05, 4.69) is 10.6 Å². The molecule has 0 aromatic heterocycles. The SMILES string of the molecule is CCOC(=O)c1ccc(NC(=O)CCNc2cc(Cl)ccc2OC)cc1. The molecule has 0 aliphatic heterocycles. The van der Waals surface area contributed by atoms with Gasteiger partial charge in [-0.25, -0.2) is 4.79 Å². The predicted molar refractivity (Wildman–Crippen MR) is 102 cm³/mol. The molecule has 138 valence electrons. The molecule has 6 nitrogen and oxygen atoms in total. The van der Waals surface area contributed by atoms with Gasteiger partial charge in [0, 0.05) is 23.7 Å². The van der Waals surface area contributed by atoms with Gasteiger partial charge in [0.2, 0.25) is 5.91 Å². The topological polar surface area (TPSA) is 76.7 Å². The molecule has 26 heavy (non-hydrogen) atoms. The average molecular weight is 377 g/mol. The van der Waals surface area contributed by atoms with Gasteiger partial charge in [-0.3, -0.25) is 4.79 Å². The zero-order valence-corrected chi connectivity index (χ0v) is 15.4. The van der Waals surface area contributed by atoms with Crippen molar-refractivity contribution in [1.82, 2.24) is 0 Å². The summed E-state index contributed by atoms with van der Waals surface area (Å²) in [6.45, 7) is 2.49. The Morgan fingerprint density at radius 1 is 1.12 bits per heavy atom. The van der Waals surface area contributed by atoms with E-state index in [4.69, 9.17) is 21.1 Å². The highest BCUT2D eigenvalue weighted by Crippen LogP contribution is 2.27. The van der Waals surface area contributed by atoms with Crippen molar-refractivity contribution in [2.45, 2.75) is 13.3 Å². The second kappa shape index (κ2) is 9.68. The number of carbonyl (C=O) groups is 2. The van der Waals surface area contributed by atoms with E-state index >= 15 is 0 Å².